The third kappa shape index (κ3) is 3.59. The molecule has 1 amide bonds. The Bertz CT molecular complexity index is 848. The minimum Gasteiger partial charge on any atom is -0.353 e. The SMILES string of the molecule is CC1CCc2ncnc(N3CCN(C(=O)[C@H](CN)c4ccc(Cl)cc4)CC3)c21. The van der Waals surface area contributed by atoms with Crippen molar-refractivity contribution in [1.29, 1.82) is 0 Å². The zero-order valence-corrected chi connectivity index (χ0v) is 16.9. The fraction of sp³-hybridized carbons (Fsp3) is 0.476. The molecule has 1 aliphatic carbocycles. The molecule has 0 radical (unpaired) electrons. The summed E-state index contributed by atoms with van der Waals surface area (Å²) in [5, 5.41) is 0.659. The first kappa shape index (κ1) is 19.2. The molecule has 4 rings (SSSR count). The number of hydrogen-bond donors (Lipinski definition) is 1. The quantitative estimate of drug-likeness (QED) is 0.855. The summed E-state index contributed by atoms with van der Waals surface area (Å²) in [5.41, 5.74) is 9.33. The van der Waals surface area contributed by atoms with Crippen LogP contribution >= 0.6 is 11.6 Å². The molecule has 2 atom stereocenters. The van der Waals surface area contributed by atoms with E-state index >= 15 is 0 Å². The molecule has 2 heterocycles. The normalized spacial score (nSPS) is 20.2. The summed E-state index contributed by atoms with van der Waals surface area (Å²) in [4.78, 5) is 26.3. The van der Waals surface area contributed by atoms with E-state index in [0.717, 1.165) is 37.3 Å². The lowest BCUT2D eigenvalue weighted by Crippen LogP contribution is -2.51. The average Bonchev–Trinajstić information content (AvgIpc) is 3.11. The highest BCUT2D eigenvalue weighted by Gasteiger charge is 2.31. The molecule has 2 aliphatic rings. The number of aromatic nitrogens is 2. The molecule has 1 aromatic heterocycles. The van der Waals surface area contributed by atoms with Gasteiger partial charge in [0.05, 0.1) is 5.92 Å². The molecule has 1 saturated heterocycles. The van der Waals surface area contributed by atoms with Gasteiger partial charge in [0, 0.05) is 49.0 Å². The van der Waals surface area contributed by atoms with Crippen LogP contribution < -0.4 is 10.6 Å². The van der Waals surface area contributed by atoms with E-state index in [1.54, 1.807) is 6.33 Å². The highest BCUT2D eigenvalue weighted by Crippen LogP contribution is 2.37. The first-order chi connectivity index (χ1) is 13.6. The second-order valence-electron chi connectivity index (χ2n) is 7.65. The molecule has 2 aromatic rings. The number of aryl methyl sites for hydroxylation is 1. The van der Waals surface area contributed by atoms with E-state index in [4.69, 9.17) is 17.3 Å². The van der Waals surface area contributed by atoms with Crippen LogP contribution in [0.3, 0.4) is 0 Å². The van der Waals surface area contributed by atoms with Crippen LogP contribution in [-0.4, -0.2) is 53.5 Å². The van der Waals surface area contributed by atoms with Crippen molar-refractivity contribution in [2.75, 3.05) is 37.6 Å². The van der Waals surface area contributed by atoms with Crippen LogP contribution in [0.25, 0.3) is 0 Å². The Morgan fingerprint density at radius 3 is 2.61 bits per heavy atom. The van der Waals surface area contributed by atoms with Crippen LogP contribution in [-0.2, 0) is 11.2 Å². The van der Waals surface area contributed by atoms with Crippen LogP contribution in [0.4, 0.5) is 5.82 Å². The van der Waals surface area contributed by atoms with E-state index in [1.807, 2.05) is 29.2 Å². The Labute approximate surface area is 170 Å². The molecule has 1 unspecified atom stereocenters. The number of nitrogens with zero attached hydrogens (tertiary/aromatic N) is 4. The maximum atomic E-state index is 13.1. The molecule has 1 aliphatic heterocycles. The summed E-state index contributed by atoms with van der Waals surface area (Å²) >= 11 is 5.97. The Morgan fingerprint density at radius 2 is 1.93 bits per heavy atom. The van der Waals surface area contributed by atoms with Crippen LogP contribution in [0.2, 0.25) is 5.02 Å². The summed E-state index contributed by atoms with van der Waals surface area (Å²) in [6.07, 6.45) is 3.84. The third-order valence-corrected chi connectivity index (χ3v) is 6.20. The van der Waals surface area contributed by atoms with Crippen LogP contribution in [0, 0.1) is 0 Å². The summed E-state index contributed by atoms with van der Waals surface area (Å²) in [6, 6.07) is 7.39. The fourth-order valence-electron chi connectivity index (χ4n) is 4.31. The second-order valence-corrected chi connectivity index (χ2v) is 8.09. The first-order valence-corrected chi connectivity index (χ1v) is 10.3. The van der Waals surface area contributed by atoms with E-state index in [2.05, 4.69) is 21.8 Å². The van der Waals surface area contributed by atoms with E-state index in [0.29, 0.717) is 24.0 Å². The number of rotatable bonds is 4. The van der Waals surface area contributed by atoms with Crippen molar-refractivity contribution in [3.63, 3.8) is 0 Å². The van der Waals surface area contributed by atoms with Gasteiger partial charge in [-0.3, -0.25) is 4.79 Å². The molecule has 28 heavy (non-hydrogen) atoms. The molecule has 1 aromatic carbocycles. The molecule has 0 bridgehead atoms. The maximum absolute atomic E-state index is 13.1. The van der Waals surface area contributed by atoms with Crippen molar-refractivity contribution in [3.05, 3.63) is 52.4 Å². The van der Waals surface area contributed by atoms with Gasteiger partial charge >= 0.3 is 0 Å². The number of benzene rings is 1. The molecule has 6 nitrogen and oxygen atoms in total. The maximum Gasteiger partial charge on any atom is 0.231 e. The van der Waals surface area contributed by atoms with Gasteiger partial charge in [-0.05, 0) is 36.5 Å². The predicted octanol–water partition coefficient (Wildman–Crippen LogP) is 2.57. The topological polar surface area (TPSA) is 75.4 Å². The number of anilines is 1. The number of fused-ring (bicyclic) bond motifs is 1. The highest BCUT2D eigenvalue weighted by atomic mass is 35.5. The third-order valence-electron chi connectivity index (χ3n) is 5.95. The number of carbonyl (C=O) groups excluding carboxylic acids is 1. The predicted molar refractivity (Wildman–Crippen MR) is 111 cm³/mol. The number of halogens is 1. The van der Waals surface area contributed by atoms with Crippen molar-refractivity contribution < 1.29 is 4.79 Å². The number of nitrogens with two attached hydrogens (primary N) is 1. The van der Waals surface area contributed by atoms with Crippen LogP contribution in [0.1, 0.15) is 42.0 Å². The van der Waals surface area contributed by atoms with Gasteiger partial charge < -0.3 is 15.5 Å². The molecule has 148 valence electrons. The van der Waals surface area contributed by atoms with E-state index < -0.39 is 0 Å². The van der Waals surface area contributed by atoms with Crippen LogP contribution in [0.5, 0.6) is 0 Å². The summed E-state index contributed by atoms with van der Waals surface area (Å²) in [5.74, 6) is 1.31. The lowest BCUT2D eigenvalue weighted by atomic mass is 9.97. The zero-order valence-electron chi connectivity index (χ0n) is 16.1. The molecule has 0 saturated carbocycles. The van der Waals surface area contributed by atoms with Crippen molar-refractivity contribution in [3.8, 4) is 0 Å². The molecule has 1 fully saturated rings. The lowest BCUT2D eigenvalue weighted by Gasteiger charge is -2.37. The minimum absolute atomic E-state index is 0.0887. The van der Waals surface area contributed by atoms with E-state index in [1.165, 1.54) is 11.3 Å². The number of piperazine rings is 1. The Hall–Kier alpha value is -2.18. The molecular formula is C21H26ClN5O. The van der Waals surface area contributed by atoms with Gasteiger partial charge in [0.25, 0.3) is 0 Å². The molecule has 2 N–H and O–H groups in total. The number of carbonyl (C=O) groups is 1. The van der Waals surface area contributed by atoms with Gasteiger partial charge in [-0.25, -0.2) is 9.97 Å². The van der Waals surface area contributed by atoms with Gasteiger partial charge in [0.2, 0.25) is 5.91 Å². The number of hydrogen-bond acceptors (Lipinski definition) is 5. The van der Waals surface area contributed by atoms with Gasteiger partial charge in [-0.2, -0.15) is 0 Å². The van der Waals surface area contributed by atoms with Gasteiger partial charge in [0.1, 0.15) is 12.1 Å². The largest absolute Gasteiger partial charge is 0.353 e. The highest BCUT2D eigenvalue weighted by molar-refractivity contribution is 6.30. The van der Waals surface area contributed by atoms with Crippen molar-refractivity contribution in [2.24, 2.45) is 5.73 Å². The lowest BCUT2D eigenvalue weighted by molar-refractivity contribution is -0.132. The Kier molecular flexibility index (Phi) is 5.51. The average molecular weight is 400 g/mol. The Balaban J connectivity index is 1.45. The summed E-state index contributed by atoms with van der Waals surface area (Å²) in [7, 11) is 0. The van der Waals surface area contributed by atoms with Crippen molar-refractivity contribution in [2.45, 2.75) is 31.6 Å². The van der Waals surface area contributed by atoms with Crippen molar-refractivity contribution in [1.82, 2.24) is 14.9 Å². The van der Waals surface area contributed by atoms with Gasteiger partial charge in [-0.1, -0.05) is 30.7 Å². The van der Waals surface area contributed by atoms with E-state index in [9.17, 15) is 4.79 Å². The monoisotopic (exact) mass is 399 g/mol. The molecule has 7 heteroatoms. The van der Waals surface area contributed by atoms with Crippen molar-refractivity contribution >= 4 is 23.3 Å². The molecular weight excluding hydrogens is 374 g/mol. The number of amides is 1. The van der Waals surface area contributed by atoms with Gasteiger partial charge in [-0.15, -0.1) is 0 Å². The first-order valence-electron chi connectivity index (χ1n) is 9.91. The Morgan fingerprint density at radius 1 is 1.21 bits per heavy atom. The van der Waals surface area contributed by atoms with E-state index in [-0.39, 0.29) is 18.4 Å². The standard InChI is InChI=1S/C21H26ClN5O/c1-14-2-7-18-19(14)20(25-13-24-18)26-8-10-27(11-9-26)21(28)17(12-23)15-3-5-16(22)6-4-15/h3-6,13-14,17H,2,7-12,23H2,1H3/t14?,17-/m1/s1. The summed E-state index contributed by atoms with van der Waals surface area (Å²) in [6.45, 7) is 5.44. The zero-order chi connectivity index (χ0) is 19.7. The fourth-order valence-corrected chi connectivity index (χ4v) is 4.43. The van der Waals surface area contributed by atoms with Gasteiger partial charge in [0.15, 0.2) is 0 Å². The second kappa shape index (κ2) is 8.05. The smallest absolute Gasteiger partial charge is 0.231 e. The minimum atomic E-state index is -0.327. The molecule has 0 spiro atoms. The van der Waals surface area contributed by atoms with Crippen LogP contribution in [0.15, 0.2) is 30.6 Å². The summed E-state index contributed by atoms with van der Waals surface area (Å²) < 4.78 is 0.